The Morgan fingerprint density at radius 3 is 2.33 bits per heavy atom. The van der Waals surface area contributed by atoms with Gasteiger partial charge in [-0.1, -0.05) is 13.0 Å². The molecule has 0 heterocycles. The molecule has 1 rings (SSSR count). The number of anilines is 1. The summed E-state index contributed by atoms with van der Waals surface area (Å²) in [5.74, 6) is -2.54. The summed E-state index contributed by atoms with van der Waals surface area (Å²) < 4.78 is 0. The van der Waals surface area contributed by atoms with Crippen molar-refractivity contribution in [2.45, 2.75) is 34.1 Å². The van der Waals surface area contributed by atoms with Crippen molar-refractivity contribution in [1.29, 1.82) is 0 Å². The second-order valence-corrected chi connectivity index (χ2v) is 4.47. The molecule has 0 aliphatic carbocycles. The minimum atomic E-state index is -1.09. The first-order valence-electron chi connectivity index (χ1n) is 5.99. The van der Waals surface area contributed by atoms with E-state index in [1.165, 1.54) is 0 Å². The van der Waals surface area contributed by atoms with Crippen molar-refractivity contribution in [3.05, 3.63) is 28.8 Å². The van der Waals surface area contributed by atoms with Crippen LogP contribution in [0.3, 0.4) is 0 Å². The normalized spacial score (nSPS) is 12.0. The number of carbonyl (C=O) groups excluding carboxylic acids is 1. The average Bonchev–Trinajstić information content (AvgIpc) is 2.30. The molecule has 2 N–H and O–H groups in total. The Morgan fingerprint density at radius 1 is 1.22 bits per heavy atom. The van der Waals surface area contributed by atoms with E-state index < -0.39 is 17.8 Å². The third-order valence-corrected chi connectivity index (χ3v) is 3.34. The topological polar surface area (TPSA) is 66.4 Å². The highest BCUT2D eigenvalue weighted by atomic mass is 16.4. The van der Waals surface area contributed by atoms with Gasteiger partial charge in [-0.15, -0.1) is 0 Å². The molecule has 0 saturated heterocycles. The van der Waals surface area contributed by atoms with Gasteiger partial charge in [0.1, 0.15) is 5.92 Å². The molecule has 0 aliphatic heterocycles. The Labute approximate surface area is 107 Å². The molecule has 4 heteroatoms. The SMILES string of the molecule is CCC(C(=O)O)C(=O)Nc1ccc(C)c(C)c1C. The van der Waals surface area contributed by atoms with Gasteiger partial charge in [-0.3, -0.25) is 9.59 Å². The smallest absolute Gasteiger partial charge is 0.316 e. The van der Waals surface area contributed by atoms with E-state index in [0.717, 1.165) is 16.7 Å². The fourth-order valence-corrected chi connectivity index (χ4v) is 1.78. The molecule has 1 aromatic rings. The molecule has 0 saturated carbocycles. The molecule has 18 heavy (non-hydrogen) atoms. The third-order valence-electron chi connectivity index (χ3n) is 3.34. The van der Waals surface area contributed by atoms with E-state index in [2.05, 4.69) is 5.32 Å². The van der Waals surface area contributed by atoms with E-state index in [1.54, 1.807) is 6.92 Å². The molecule has 0 fully saturated rings. The molecule has 0 radical (unpaired) electrons. The summed E-state index contributed by atoms with van der Waals surface area (Å²) in [5.41, 5.74) is 3.92. The lowest BCUT2D eigenvalue weighted by Gasteiger charge is -2.15. The van der Waals surface area contributed by atoms with Crippen LogP contribution in [0.5, 0.6) is 0 Å². The van der Waals surface area contributed by atoms with Crippen LogP contribution in [-0.2, 0) is 9.59 Å². The van der Waals surface area contributed by atoms with Crippen molar-refractivity contribution in [1.82, 2.24) is 0 Å². The molecule has 4 nitrogen and oxygen atoms in total. The lowest BCUT2D eigenvalue weighted by Crippen LogP contribution is -2.29. The fourth-order valence-electron chi connectivity index (χ4n) is 1.78. The number of aryl methyl sites for hydroxylation is 1. The first-order valence-corrected chi connectivity index (χ1v) is 5.99. The molecule has 98 valence electrons. The minimum absolute atomic E-state index is 0.283. The van der Waals surface area contributed by atoms with E-state index in [9.17, 15) is 9.59 Å². The molecule has 0 bridgehead atoms. The summed E-state index contributed by atoms with van der Waals surface area (Å²) in [6, 6.07) is 3.73. The number of carbonyl (C=O) groups is 2. The van der Waals surface area contributed by atoms with Crippen LogP contribution in [0.2, 0.25) is 0 Å². The number of hydrogen-bond donors (Lipinski definition) is 2. The van der Waals surface area contributed by atoms with Crippen LogP contribution >= 0.6 is 0 Å². The number of nitrogens with one attached hydrogen (secondary N) is 1. The summed E-state index contributed by atoms with van der Waals surface area (Å²) in [7, 11) is 0. The maximum absolute atomic E-state index is 11.8. The van der Waals surface area contributed by atoms with Crippen LogP contribution < -0.4 is 5.32 Å². The number of benzene rings is 1. The Hall–Kier alpha value is -1.84. The van der Waals surface area contributed by atoms with Gasteiger partial charge < -0.3 is 10.4 Å². The van der Waals surface area contributed by atoms with Crippen molar-refractivity contribution in [3.63, 3.8) is 0 Å². The quantitative estimate of drug-likeness (QED) is 0.806. The molecule has 0 aromatic heterocycles. The number of carboxylic acids is 1. The third kappa shape index (κ3) is 2.88. The summed E-state index contributed by atoms with van der Waals surface area (Å²) >= 11 is 0. The summed E-state index contributed by atoms with van der Waals surface area (Å²) in [4.78, 5) is 22.7. The lowest BCUT2D eigenvalue weighted by molar-refractivity contribution is -0.145. The largest absolute Gasteiger partial charge is 0.481 e. The van der Waals surface area contributed by atoms with Crippen LogP contribution in [0.4, 0.5) is 5.69 Å². The second-order valence-electron chi connectivity index (χ2n) is 4.47. The maximum Gasteiger partial charge on any atom is 0.316 e. The van der Waals surface area contributed by atoms with Crippen LogP contribution in [0.1, 0.15) is 30.0 Å². The zero-order chi connectivity index (χ0) is 13.9. The maximum atomic E-state index is 11.8. The molecular formula is C14H19NO3. The standard InChI is InChI=1S/C14H19NO3/c1-5-11(14(17)18)13(16)15-12-7-6-8(2)9(3)10(12)4/h6-7,11H,5H2,1-4H3,(H,15,16)(H,17,18). The van der Waals surface area contributed by atoms with E-state index >= 15 is 0 Å². The van der Waals surface area contributed by atoms with Crippen molar-refractivity contribution < 1.29 is 14.7 Å². The van der Waals surface area contributed by atoms with Gasteiger partial charge in [0.15, 0.2) is 0 Å². The Balaban J connectivity index is 2.95. The van der Waals surface area contributed by atoms with Gasteiger partial charge >= 0.3 is 5.97 Å². The van der Waals surface area contributed by atoms with Gasteiger partial charge in [0, 0.05) is 5.69 Å². The fraction of sp³-hybridized carbons (Fsp3) is 0.429. The monoisotopic (exact) mass is 249 g/mol. The average molecular weight is 249 g/mol. The van der Waals surface area contributed by atoms with Crippen LogP contribution in [-0.4, -0.2) is 17.0 Å². The van der Waals surface area contributed by atoms with Crippen molar-refractivity contribution in [3.8, 4) is 0 Å². The van der Waals surface area contributed by atoms with Crippen molar-refractivity contribution >= 4 is 17.6 Å². The van der Waals surface area contributed by atoms with Crippen LogP contribution in [0.15, 0.2) is 12.1 Å². The molecule has 1 atom stereocenters. The van der Waals surface area contributed by atoms with Gasteiger partial charge in [0.2, 0.25) is 5.91 Å². The molecule has 1 aromatic carbocycles. The number of rotatable bonds is 4. The zero-order valence-corrected chi connectivity index (χ0v) is 11.2. The number of aliphatic carboxylic acids is 1. The Morgan fingerprint density at radius 2 is 1.83 bits per heavy atom. The van der Waals surface area contributed by atoms with Crippen molar-refractivity contribution in [2.75, 3.05) is 5.32 Å². The lowest BCUT2D eigenvalue weighted by atomic mass is 10.0. The van der Waals surface area contributed by atoms with E-state index in [4.69, 9.17) is 5.11 Å². The summed E-state index contributed by atoms with van der Waals surface area (Å²) in [6.07, 6.45) is 0.283. The highest BCUT2D eigenvalue weighted by Crippen LogP contribution is 2.22. The van der Waals surface area contributed by atoms with Crippen molar-refractivity contribution in [2.24, 2.45) is 5.92 Å². The molecule has 1 amide bonds. The van der Waals surface area contributed by atoms with Crippen LogP contribution in [0.25, 0.3) is 0 Å². The first-order chi connectivity index (χ1) is 8.38. The predicted molar refractivity (Wildman–Crippen MR) is 70.7 cm³/mol. The first kappa shape index (κ1) is 14.2. The summed E-state index contributed by atoms with van der Waals surface area (Å²) in [6.45, 7) is 7.58. The van der Waals surface area contributed by atoms with Gasteiger partial charge in [-0.25, -0.2) is 0 Å². The Kier molecular flexibility index (Phi) is 4.48. The van der Waals surface area contributed by atoms with E-state index in [-0.39, 0.29) is 6.42 Å². The van der Waals surface area contributed by atoms with E-state index in [1.807, 2.05) is 32.9 Å². The molecule has 0 aliphatic rings. The number of amides is 1. The van der Waals surface area contributed by atoms with E-state index in [0.29, 0.717) is 5.69 Å². The van der Waals surface area contributed by atoms with Gasteiger partial charge in [0.25, 0.3) is 0 Å². The van der Waals surface area contributed by atoms with Gasteiger partial charge in [-0.05, 0) is 49.9 Å². The molecule has 0 spiro atoms. The molecular weight excluding hydrogens is 230 g/mol. The number of hydrogen-bond acceptors (Lipinski definition) is 2. The Bertz CT molecular complexity index is 480. The predicted octanol–water partition coefficient (Wildman–Crippen LogP) is 2.66. The molecule has 1 unspecified atom stereocenters. The zero-order valence-electron chi connectivity index (χ0n) is 11.2. The van der Waals surface area contributed by atoms with Gasteiger partial charge in [0.05, 0.1) is 0 Å². The van der Waals surface area contributed by atoms with Gasteiger partial charge in [-0.2, -0.15) is 0 Å². The highest BCUT2D eigenvalue weighted by Gasteiger charge is 2.24. The summed E-state index contributed by atoms with van der Waals surface area (Å²) in [5, 5.41) is 11.6. The highest BCUT2D eigenvalue weighted by molar-refractivity contribution is 6.04. The number of carboxylic acid groups (broad SMARTS) is 1. The van der Waals surface area contributed by atoms with Crippen LogP contribution in [0, 0.1) is 26.7 Å². The minimum Gasteiger partial charge on any atom is -0.481 e. The second kappa shape index (κ2) is 5.67.